The number of pyridine rings is 3. The Morgan fingerprint density at radius 2 is 1.59 bits per heavy atom. The Balaban J connectivity index is 1.31. The Hall–Kier alpha value is -3.81. The first-order chi connectivity index (χ1) is 16.8. The molecule has 7 rings (SSSR count). The molecule has 7 heteroatoms. The molecule has 0 radical (unpaired) electrons. The Morgan fingerprint density at radius 3 is 2.35 bits per heavy atom. The van der Waals surface area contributed by atoms with Crippen LogP contribution >= 0.6 is 0 Å². The van der Waals surface area contributed by atoms with Gasteiger partial charge in [0, 0.05) is 55.7 Å². The molecule has 168 valence electrons. The van der Waals surface area contributed by atoms with E-state index in [1.165, 1.54) is 27.4 Å². The van der Waals surface area contributed by atoms with Crippen LogP contribution < -0.4 is 4.74 Å². The predicted molar refractivity (Wildman–Crippen MR) is 130 cm³/mol. The molecule has 6 heterocycles. The van der Waals surface area contributed by atoms with Crippen molar-refractivity contribution in [3.63, 3.8) is 0 Å². The summed E-state index contributed by atoms with van der Waals surface area (Å²) in [5.41, 5.74) is 7.13. The summed E-state index contributed by atoms with van der Waals surface area (Å²) in [7, 11) is 0. The van der Waals surface area contributed by atoms with E-state index in [1.807, 2.05) is 43.0 Å². The van der Waals surface area contributed by atoms with Gasteiger partial charge in [0.25, 0.3) is 0 Å². The van der Waals surface area contributed by atoms with Gasteiger partial charge < -0.3 is 9.30 Å². The molecule has 7 nitrogen and oxygen atoms in total. The van der Waals surface area contributed by atoms with Crippen molar-refractivity contribution in [1.82, 2.24) is 29.3 Å². The summed E-state index contributed by atoms with van der Waals surface area (Å²) in [6.45, 7) is 4.66. The normalized spacial score (nSPS) is 16.0. The highest BCUT2D eigenvalue weighted by atomic mass is 16.5. The quantitative estimate of drug-likeness (QED) is 0.409. The van der Waals surface area contributed by atoms with Crippen LogP contribution in [-0.4, -0.2) is 36.0 Å². The molecule has 0 spiro atoms. The molecule has 0 atom stereocenters. The molecule has 0 amide bonds. The molecule has 2 aliphatic rings. The lowest BCUT2D eigenvalue weighted by atomic mass is 10.0. The fourth-order valence-electron chi connectivity index (χ4n) is 5.40. The second kappa shape index (κ2) is 7.90. The number of ether oxygens (including phenoxy) is 1. The van der Waals surface area contributed by atoms with E-state index in [4.69, 9.17) is 4.74 Å². The van der Waals surface area contributed by atoms with Gasteiger partial charge in [0.05, 0.1) is 40.7 Å². The van der Waals surface area contributed by atoms with Crippen molar-refractivity contribution in [2.75, 3.05) is 6.73 Å². The largest absolute Gasteiger partial charge is 0.477 e. The van der Waals surface area contributed by atoms with Gasteiger partial charge in [0.15, 0.2) is 0 Å². The summed E-state index contributed by atoms with van der Waals surface area (Å²) in [6.07, 6.45) is 7.57. The molecule has 4 aromatic heterocycles. The molecule has 0 bridgehead atoms. The van der Waals surface area contributed by atoms with Gasteiger partial charge in [-0.1, -0.05) is 12.1 Å². The molecule has 1 aromatic carbocycles. The lowest BCUT2D eigenvalue weighted by Crippen LogP contribution is -2.33. The van der Waals surface area contributed by atoms with Crippen LogP contribution in [0.5, 0.6) is 5.75 Å². The Bertz CT molecular complexity index is 1500. The predicted octanol–water partition coefficient (Wildman–Crippen LogP) is 4.30. The van der Waals surface area contributed by atoms with Crippen LogP contribution in [0, 0.1) is 0 Å². The van der Waals surface area contributed by atoms with Crippen molar-refractivity contribution in [2.45, 2.75) is 32.8 Å². The smallest absolute Gasteiger partial charge is 0.142 e. The Labute approximate surface area is 197 Å². The van der Waals surface area contributed by atoms with E-state index in [9.17, 15) is 0 Å². The van der Waals surface area contributed by atoms with Crippen LogP contribution in [0.1, 0.15) is 22.5 Å². The molecule has 5 aromatic rings. The summed E-state index contributed by atoms with van der Waals surface area (Å²) < 4.78 is 8.82. The topological polar surface area (TPSA) is 59.3 Å². The van der Waals surface area contributed by atoms with Crippen molar-refractivity contribution in [3.8, 4) is 5.75 Å². The SMILES string of the molecule is c1ccc(CN2COc3c(cc4c5c3c3ccncc3n5CN(Cc3ccccn3)C4)C2)nc1. The maximum absolute atomic E-state index is 6.43. The van der Waals surface area contributed by atoms with Gasteiger partial charge in [-0.05, 0) is 42.0 Å². The molecule has 0 aliphatic carbocycles. The second-order valence-electron chi connectivity index (χ2n) is 9.10. The third-order valence-electron chi connectivity index (χ3n) is 6.78. The van der Waals surface area contributed by atoms with Crippen molar-refractivity contribution in [1.29, 1.82) is 0 Å². The van der Waals surface area contributed by atoms with Crippen LogP contribution in [0.4, 0.5) is 0 Å². The zero-order valence-corrected chi connectivity index (χ0v) is 18.8. The summed E-state index contributed by atoms with van der Waals surface area (Å²) >= 11 is 0. The van der Waals surface area contributed by atoms with Gasteiger partial charge in [0.1, 0.15) is 12.5 Å². The standard InChI is InChI=1S/C27H24N6O/c1-3-8-29-21(5-1)15-31-13-19-11-20-14-32(16-22-6-2-4-9-30-22)18-34-27(20)25-23-7-10-28-12-24(23)33(17-31)26(19)25/h1-12H,13-18H2. The minimum absolute atomic E-state index is 0.557. The van der Waals surface area contributed by atoms with Crippen LogP contribution in [0.15, 0.2) is 73.3 Å². The molecule has 0 saturated carbocycles. The number of hydrogen-bond donors (Lipinski definition) is 0. The van der Waals surface area contributed by atoms with Crippen LogP contribution in [0.25, 0.3) is 21.8 Å². The summed E-state index contributed by atoms with van der Waals surface area (Å²) in [4.78, 5) is 18.2. The third kappa shape index (κ3) is 3.24. The van der Waals surface area contributed by atoms with E-state index < -0.39 is 0 Å². The van der Waals surface area contributed by atoms with E-state index in [0.29, 0.717) is 6.73 Å². The molecular formula is C27H24N6O. The van der Waals surface area contributed by atoms with Gasteiger partial charge in [-0.15, -0.1) is 0 Å². The summed E-state index contributed by atoms with van der Waals surface area (Å²) in [6, 6.07) is 16.6. The van der Waals surface area contributed by atoms with E-state index >= 15 is 0 Å². The maximum atomic E-state index is 6.43. The highest BCUT2D eigenvalue weighted by Crippen LogP contribution is 2.44. The van der Waals surface area contributed by atoms with Crippen molar-refractivity contribution < 1.29 is 4.74 Å². The Morgan fingerprint density at radius 1 is 0.824 bits per heavy atom. The number of fused-ring (bicyclic) bond motifs is 5. The maximum Gasteiger partial charge on any atom is 0.142 e. The van der Waals surface area contributed by atoms with E-state index in [2.05, 4.69) is 59.7 Å². The molecule has 0 unspecified atom stereocenters. The third-order valence-corrected chi connectivity index (χ3v) is 6.78. The summed E-state index contributed by atoms with van der Waals surface area (Å²) in [5.74, 6) is 1.02. The lowest BCUT2D eigenvalue weighted by Gasteiger charge is -2.33. The average molecular weight is 449 g/mol. The molecule has 0 N–H and O–H groups in total. The zero-order valence-electron chi connectivity index (χ0n) is 18.8. The summed E-state index contributed by atoms with van der Waals surface area (Å²) in [5, 5.41) is 2.43. The van der Waals surface area contributed by atoms with Gasteiger partial charge in [-0.2, -0.15) is 0 Å². The minimum atomic E-state index is 0.557. The van der Waals surface area contributed by atoms with E-state index in [1.54, 1.807) is 0 Å². The van der Waals surface area contributed by atoms with Gasteiger partial charge in [-0.25, -0.2) is 0 Å². The lowest BCUT2D eigenvalue weighted by molar-refractivity contribution is 0.0890. The zero-order chi connectivity index (χ0) is 22.5. The second-order valence-corrected chi connectivity index (χ2v) is 9.10. The number of hydrogen-bond acceptors (Lipinski definition) is 6. The Kier molecular flexibility index (Phi) is 4.56. The van der Waals surface area contributed by atoms with Crippen molar-refractivity contribution >= 4 is 21.8 Å². The van der Waals surface area contributed by atoms with Crippen LogP contribution in [0.3, 0.4) is 0 Å². The molecule has 2 aliphatic heterocycles. The number of aromatic nitrogens is 4. The fourth-order valence-corrected chi connectivity index (χ4v) is 5.40. The highest BCUT2D eigenvalue weighted by Gasteiger charge is 2.29. The van der Waals surface area contributed by atoms with Gasteiger partial charge >= 0.3 is 0 Å². The van der Waals surface area contributed by atoms with Crippen molar-refractivity contribution in [2.24, 2.45) is 0 Å². The molecule has 0 saturated heterocycles. The first-order valence-corrected chi connectivity index (χ1v) is 11.6. The fraction of sp³-hybridized carbons (Fsp3) is 0.222. The number of nitrogens with zero attached hydrogens (tertiary/aromatic N) is 6. The van der Waals surface area contributed by atoms with Crippen LogP contribution in [0.2, 0.25) is 0 Å². The van der Waals surface area contributed by atoms with Gasteiger partial charge in [-0.3, -0.25) is 24.8 Å². The minimum Gasteiger partial charge on any atom is -0.477 e. The highest BCUT2D eigenvalue weighted by molar-refractivity contribution is 6.12. The molecule has 34 heavy (non-hydrogen) atoms. The number of rotatable bonds is 4. The van der Waals surface area contributed by atoms with Gasteiger partial charge in [0.2, 0.25) is 0 Å². The number of benzene rings is 1. The average Bonchev–Trinajstić information content (AvgIpc) is 3.21. The molecule has 0 fully saturated rings. The van der Waals surface area contributed by atoms with E-state index in [-0.39, 0.29) is 0 Å². The first kappa shape index (κ1) is 19.6. The van der Waals surface area contributed by atoms with E-state index in [0.717, 1.165) is 55.5 Å². The molecular weight excluding hydrogens is 424 g/mol. The first-order valence-electron chi connectivity index (χ1n) is 11.6. The van der Waals surface area contributed by atoms with Crippen LogP contribution in [-0.2, 0) is 32.8 Å². The monoisotopic (exact) mass is 448 g/mol. The van der Waals surface area contributed by atoms with Crippen molar-refractivity contribution in [3.05, 3.63) is 95.8 Å².